The number of amides is 2. The molecule has 0 fully saturated rings. The van der Waals surface area contributed by atoms with Crippen LogP contribution in [0.5, 0.6) is 0 Å². The van der Waals surface area contributed by atoms with Crippen molar-refractivity contribution in [2.24, 2.45) is 0 Å². The van der Waals surface area contributed by atoms with Gasteiger partial charge in [0.05, 0.1) is 5.60 Å². The summed E-state index contributed by atoms with van der Waals surface area (Å²) < 4.78 is 16.7. The molecule has 2 amide bonds. The minimum Gasteiger partial charge on any atom is -0.386 e. The summed E-state index contributed by atoms with van der Waals surface area (Å²) in [6.45, 7) is 3.08. The van der Waals surface area contributed by atoms with Gasteiger partial charge in [-0.3, -0.25) is 4.72 Å². The summed E-state index contributed by atoms with van der Waals surface area (Å²) >= 11 is 1.11. The van der Waals surface area contributed by atoms with Gasteiger partial charge in [-0.1, -0.05) is 6.07 Å². The van der Waals surface area contributed by atoms with Crippen LogP contribution < -0.4 is 10.0 Å². The van der Waals surface area contributed by atoms with Gasteiger partial charge >= 0.3 is 6.03 Å². The quantitative estimate of drug-likeness (QED) is 0.643. The molecule has 0 heterocycles. The van der Waals surface area contributed by atoms with E-state index in [2.05, 4.69) is 16.1 Å². The molecule has 0 spiro atoms. The molecule has 4 nitrogen and oxygen atoms in total. The van der Waals surface area contributed by atoms with Crippen LogP contribution in [0.1, 0.15) is 54.5 Å². The topological polar surface area (TPSA) is 61.4 Å². The fraction of sp³-hybridized carbons (Fsp3) is 0.409. The van der Waals surface area contributed by atoms with Crippen molar-refractivity contribution in [3.8, 4) is 0 Å². The van der Waals surface area contributed by atoms with Crippen LogP contribution in [0.25, 0.3) is 0 Å². The van der Waals surface area contributed by atoms with Crippen LogP contribution in [0.4, 0.5) is 14.9 Å². The smallest absolute Gasteiger partial charge is 0.329 e. The Morgan fingerprint density at radius 1 is 1.07 bits per heavy atom. The van der Waals surface area contributed by atoms with Crippen molar-refractivity contribution in [3.05, 3.63) is 57.9 Å². The molecule has 6 heteroatoms. The highest BCUT2D eigenvalue weighted by Crippen LogP contribution is 2.38. The first-order valence-corrected chi connectivity index (χ1v) is 10.6. The van der Waals surface area contributed by atoms with Gasteiger partial charge in [-0.25, -0.2) is 9.18 Å². The summed E-state index contributed by atoms with van der Waals surface area (Å²) in [7, 11) is 0. The van der Waals surface area contributed by atoms with Gasteiger partial charge in [-0.2, -0.15) is 0 Å². The highest BCUT2D eigenvalue weighted by atomic mass is 32.2. The van der Waals surface area contributed by atoms with Gasteiger partial charge < -0.3 is 10.4 Å². The van der Waals surface area contributed by atoms with Crippen molar-refractivity contribution < 1.29 is 14.3 Å². The van der Waals surface area contributed by atoms with Gasteiger partial charge in [0, 0.05) is 16.1 Å². The number of halogens is 1. The Morgan fingerprint density at radius 3 is 2.32 bits per heavy atom. The normalized spacial score (nSPS) is 15.3. The zero-order valence-electron chi connectivity index (χ0n) is 16.2. The lowest BCUT2D eigenvalue weighted by atomic mass is 9.98. The molecule has 3 N–H and O–H groups in total. The first-order valence-electron chi connectivity index (χ1n) is 9.75. The average Bonchev–Trinajstić information content (AvgIpc) is 3.28. The van der Waals surface area contributed by atoms with E-state index in [1.54, 1.807) is 12.1 Å². The van der Waals surface area contributed by atoms with Crippen LogP contribution in [-0.2, 0) is 31.3 Å². The number of anilines is 1. The molecule has 0 saturated carbocycles. The Labute approximate surface area is 169 Å². The van der Waals surface area contributed by atoms with E-state index in [0.29, 0.717) is 4.90 Å². The number of carbonyl (C=O) groups excluding carboxylic acids is 1. The number of urea groups is 1. The Kier molecular flexibility index (Phi) is 5.10. The fourth-order valence-corrected chi connectivity index (χ4v) is 4.82. The second-order valence-corrected chi connectivity index (χ2v) is 8.97. The molecule has 0 unspecified atom stereocenters. The van der Waals surface area contributed by atoms with E-state index >= 15 is 0 Å². The molecule has 4 rings (SSSR count). The summed E-state index contributed by atoms with van der Waals surface area (Å²) in [6, 6.07) is 6.52. The van der Waals surface area contributed by atoms with E-state index in [-0.39, 0.29) is 11.6 Å². The summed E-state index contributed by atoms with van der Waals surface area (Å²) in [4.78, 5) is 13.2. The number of carbonyl (C=O) groups is 1. The lowest BCUT2D eigenvalue weighted by Gasteiger charge is -2.19. The van der Waals surface area contributed by atoms with Crippen LogP contribution in [-0.4, -0.2) is 11.1 Å². The third-order valence-electron chi connectivity index (χ3n) is 5.57. The van der Waals surface area contributed by atoms with Crippen LogP contribution in [0, 0.1) is 5.82 Å². The molecule has 28 heavy (non-hydrogen) atoms. The van der Waals surface area contributed by atoms with Crippen LogP contribution in [0.3, 0.4) is 0 Å². The maximum atomic E-state index is 13.9. The number of hydrogen-bond acceptors (Lipinski definition) is 3. The zero-order valence-corrected chi connectivity index (χ0v) is 17.0. The summed E-state index contributed by atoms with van der Waals surface area (Å²) in [5.41, 5.74) is 5.23. The number of nitrogens with one attached hydrogen (secondary N) is 2. The van der Waals surface area contributed by atoms with E-state index in [9.17, 15) is 14.3 Å². The molecule has 0 bridgehead atoms. The Hall–Kier alpha value is -2.05. The van der Waals surface area contributed by atoms with E-state index < -0.39 is 11.4 Å². The van der Waals surface area contributed by atoms with Gasteiger partial charge in [-0.05, 0) is 105 Å². The van der Waals surface area contributed by atoms with Crippen LogP contribution in [0.15, 0.2) is 29.2 Å². The average molecular weight is 401 g/mol. The van der Waals surface area contributed by atoms with Crippen LogP contribution >= 0.6 is 11.9 Å². The molecule has 0 saturated heterocycles. The maximum absolute atomic E-state index is 13.9. The van der Waals surface area contributed by atoms with E-state index in [0.717, 1.165) is 56.2 Å². The van der Waals surface area contributed by atoms with Crippen molar-refractivity contribution in [1.29, 1.82) is 0 Å². The molecule has 0 atom stereocenters. The molecule has 0 radical (unpaired) electrons. The fourth-order valence-electron chi connectivity index (χ4n) is 4.25. The summed E-state index contributed by atoms with van der Waals surface area (Å²) in [5.74, 6) is -0.461. The zero-order chi connectivity index (χ0) is 19.9. The first-order chi connectivity index (χ1) is 13.3. The van der Waals surface area contributed by atoms with Gasteiger partial charge in [0.1, 0.15) is 5.82 Å². The van der Waals surface area contributed by atoms with Crippen molar-refractivity contribution in [3.63, 3.8) is 0 Å². The van der Waals surface area contributed by atoms with Crippen molar-refractivity contribution in [1.82, 2.24) is 4.72 Å². The van der Waals surface area contributed by atoms with Gasteiger partial charge in [-0.15, -0.1) is 0 Å². The third kappa shape index (κ3) is 3.76. The number of benzene rings is 2. The largest absolute Gasteiger partial charge is 0.386 e. The first kappa shape index (κ1) is 19.3. The highest BCUT2D eigenvalue weighted by molar-refractivity contribution is 7.98. The predicted molar refractivity (Wildman–Crippen MR) is 110 cm³/mol. The van der Waals surface area contributed by atoms with Gasteiger partial charge in [0.15, 0.2) is 0 Å². The van der Waals surface area contributed by atoms with Crippen LogP contribution in [0.2, 0.25) is 0 Å². The number of hydrogen-bond donors (Lipinski definition) is 3. The molecular formula is C22H25FN2O2S. The SMILES string of the molecule is CC(C)(O)c1cc(SNC(=O)Nc2c3c(cc4c2CCC4)CCC3)ccc1F. The minimum absolute atomic E-state index is 0.207. The standard InChI is InChI=1S/C22H25FN2O2S/c1-22(2,27)18-12-15(9-10-19(18)23)28-25-21(26)24-20-16-7-3-5-13(16)11-14-6-4-8-17(14)20/h9-12,27H,3-8H2,1-2H3,(H2,24,25,26). The molecule has 148 valence electrons. The van der Waals surface area contributed by atoms with E-state index in [1.807, 2.05) is 0 Å². The Bertz CT molecular complexity index is 905. The van der Waals surface area contributed by atoms with Crippen molar-refractivity contribution in [2.75, 3.05) is 5.32 Å². The lowest BCUT2D eigenvalue weighted by molar-refractivity contribution is 0.0743. The van der Waals surface area contributed by atoms with Gasteiger partial charge in [0.25, 0.3) is 0 Å². The third-order valence-corrected chi connectivity index (χ3v) is 6.35. The number of fused-ring (bicyclic) bond motifs is 2. The Balaban J connectivity index is 1.48. The monoisotopic (exact) mass is 400 g/mol. The molecule has 2 aromatic rings. The second kappa shape index (κ2) is 7.41. The minimum atomic E-state index is -1.28. The number of rotatable bonds is 4. The highest BCUT2D eigenvalue weighted by Gasteiger charge is 2.25. The number of aliphatic hydroxyl groups is 1. The molecule has 2 aliphatic carbocycles. The van der Waals surface area contributed by atoms with Gasteiger partial charge in [0.2, 0.25) is 0 Å². The van der Waals surface area contributed by atoms with E-state index in [4.69, 9.17) is 0 Å². The summed E-state index contributed by atoms with van der Waals surface area (Å²) in [5, 5.41) is 13.2. The van der Waals surface area contributed by atoms with Crippen molar-refractivity contribution >= 4 is 23.7 Å². The molecular weight excluding hydrogens is 375 g/mol. The van der Waals surface area contributed by atoms with E-state index in [1.165, 1.54) is 42.2 Å². The molecule has 0 aromatic heterocycles. The molecule has 2 aromatic carbocycles. The number of aryl methyl sites for hydroxylation is 2. The van der Waals surface area contributed by atoms with Crippen molar-refractivity contribution in [2.45, 2.75) is 62.9 Å². The molecule has 0 aliphatic heterocycles. The maximum Gasteiger partial charge on any atom is 0.329 e. The predicted octanol–water partition coefficient (Wildman–Crippen LogP) is 4.86. The lowest BCUT2D eigenvalue weighted by Crippen LogP contribution is -2.24. The second-order valence-electron chi connectivity index (χ2n) is 8.09. The summed E-state index contributed by atoms with van der Waals surface area (Å²) in [6.07, 6.45) is 6.47. The Morgan fingerprint density at radius 2 is 1.71 bits per heavy atom. The molecule has 2 aliphatic rings.